The third-order valence-electron chi connectivity index (χ3n) is 6.56. The number of benzene rings is 1. The minimum Gasteiger partial charge on any atom is -0.392 e. The van der Waals surface area contributed by atoms with Gasteiger partial charge in [-0.3, -0.25) is 0 Å². The van der Waals surface area contributed by atoms with E-state index < -0.39 is 0 Å². The summed E-state index contributed by atoms with van der Waals surface area (Å²) in [5.74, 6) is 1.14. The Morgan fingerprint density at radius 2 is 1.95 bits per heavy atom. The van der Waals surface area contributed by atoms with E-state index in [4.69, 9.17) is 4.74 Å². The smallest absolute Gasteiger partial charge is 0.0859 e. The van der Waals surface area contributed by atoms with Gasteiger partial charge in [-0.15, -0.1) is 0 Å². The second-order valence-corrected chi connectivity index (χ2v) is 7.65. The average molecular weight is 272 g/mol. The molecule has 2 nitrogen and oxygen atoms in total. The zero-order chi connectivity index (χ0) is 14.0. The van der Waals surface area contributed by atoms with Crippen molar-refractivity contribution in [2.75, 3.05) is 6.61 Å². The zero-order valence-electron chi connectivity index (χ0n) is 12.4. The third-order valence-corrected chi connectivity index (χ3v) is 6.56. The summed E-state index contributed by atoms with van der Waals surface area (Å²) in [7, 11) is 0. The number of rotatable bonds is 1. The first-order valence-electron chi connectivity index (χ1n) is 7.90. The number of aliphatic hydroxyl groups is 1. The molecule has 2 aliphatic carbocycles. The predicted octanol–water partition coefficient (Wildman–Crippen LogP) is 3.56. The van der Waals surface area contributed by atoms with Crippen LogP contribution in [0, 0.1) is 22.7 Å². The van der Waals surface area contributed by atoms with Crippen LogP contribution in [0.25, 0.3) is 0 Å². The van der Waals surface area contributed by atoms with E-state index in [1.807, 2.05) is 0 Å². The van der Waals surface area contributed by atoms with Gasteiger partial charge in [0.05, 0.1) is 12.2 Å². The summed E-state index contributed by atoms with van der Waals surface area (Å²) in [5.41, 5.74) is 1.47. The van der Waals surface area contributed by atoms with Gasteiger partial charge in [0.1, 0.15) is 0 Å². The molecule has 1 unspecified atom stereocenters. The summed E-state index contributed by atoms with van der Waals surface area (Å²) in [4.78, 5) is 0. The van der Waals surface area contributed by atoms with Gasteiger partial charge in [-0.05, 0) is 42.1 Å². The molecule has 4 rings (SSSR count). The first-order chi connectivity index (χ1) is 9.56. The van der Waals surface area contributed by atoms with Gasteiger partial charge in [0.25, 0.3) is 0 Å². The van der Waals surface area contributed by atoms with Crippen LogP contribution in [-0.2, 0) is 4.74 Å². The molecule has 2 saturated carbocycles. The molecule has 20 heavy (non-hydrogen) atoms. The lowest BCUT2D eigenvalue weighted by Crippen LogP contribution is -2.51. The summed E-state index contributed by atoms with van der Waals surface area (Å²) < 4.78 is 6.13. The number of fused-ring (bicyclic) bond motifs is 1. The van der Waals surface area contributed by atoms with Crippen molar-refractivity contribution in [3.63, 3.8) is 0 Å². The van der Waals surface area contributed by atoms with Crippen molar-refractivity contribution in [3.05, 3.63) is 35.9 Å². The average Bonchev–Trinajstić information content (AvgIpc) is 2.94. The first-order valence-corrected chi connectivity index (χ1v) is 7.90. The SMILES string of the molecule is CC1(C)[C@@H]2C[C@@H]3[C@@H](c4ccccc4)OCCC3(C2)[C@@H]1O. The molecule has 1 aliphatic heterocycles. The maximum absolute atomic E-state index is 10.9. The van der Waals surface area contributed by atoms with Crippen LogP contribution in [0.1, 0.15) is 44.8 Å². The zero-order valence-corrected chi connectivity index (χ0v) is 12.4. The Bertz CT molecular complexity index is 509. The molecule has 5 atom stereocenters. The lowest BCUT2D eigenvalue weighted by Gasteiger charge is -2.51. The molecule has 0 amide bonds. The van der Waals surface area contributed by atoms with Crippen molar-refractivity contribution in [2.45, 2.75) is 45.3 Å². The lowest BCUT2D eigenvalue weighted by molar-refractivity contribution is -0.164. The van der Waals surface area contributed by atoms with E-state index in [9.17, 15) is 5.11 Å². The molecule has 3 aliphatic rings. The van der Waals surface area contributed by atoms with Crippen molar-refractivity contribution < 1.29 is 9.84 Å². The Morgan fingerprint density at radius 1 is 1.20 bits per heavy atom. The van der Waals surface area contributed by atoms with Crippen LogP contribution in [0.4, 0.5) is 0 Å². The van der Waals surface area contributed by atoms with Gasteiger partial charge in [-0.25, -0.2) is 0 Å². The summed E-state index contributed by atoms with van der Waals surface area (Å²) in [6, 6.07) is 10.6. The topological polar surface area (TPSA) is 29.5 Å². The Balaban J connectivity index is 1.72. The molecular formula is C18H24O2. The van der Waals surface area contributed by atoms with Crippen molar-refractivity contribution in [1.82, 2.24) is 0 Å². The fraction of sp³-hybridized carbons (Fsp3) is 0.667. The highest BCUT2D eigenvalue weighted by Crippen LogP contribution is 2.70. The molecule has 1 heterocycles. The highest BCUT2D eigenvalue weighted by Gasteiger charge is 2.67. The summed E-state index contributed by atoms with van der Waals surface area (Å²) in [5, 5.41) is 10.9. The highest BCUT2D eigenvalue weighted by atomic mass is 16.5. The predicted molar refractivity (Wildman–Crippen MR) is 78.2 cm³/mol. The minimum atomic E-state index is -0.172. The van der Waals surface area contributed by atoms with Crippen LogP contribution in [-0.4, -0.2) is 17.8 Å². The molecule has 0 aromatic heterocycles. The molecule has 2 bridgehead atoms. The van der Waals surface area contributed by atoms with E-state index in [1.54, 1.807) is 0 Å². The summed E-state index contributed by atoms with van der Waals surface area (Å²) in [6.07, 6.45) is 3.44. The monoisotopic (exact) mass is 272 g/mol. The Hall–Kier alpha value is -0.860. The Morgan fingerprint density at radius 3 is 2.65 bits per heavy atom. The van der Waals surface area contributed by atoms with Crippen LogP contribution in [0.2, 0.25) is 0 Å². The Labute approximate surface area is 121 Å². The molecule has 2 heteroatoms. The van der Waals surface area contributed by atoms with Crippen LogP contribution in [0.15, 0.2) is 30.3 Å². The fourth-order valence-electron chi connectivity index (χ4n) is 5.39. The highest BCUT2D eigenvalue weighted by molar-refractivity contribution is 5.24. The van der Waals surface area contributed by atoms with Gasteiger partial charge in [0.2, 0.25) is 0 Å². The molecule has 3 fully saturated rings. The van der Waals surface area contributed by atoms with Crippen molar-refractivity contribution in [3.8, 4) is 0 Å². The second kappa shape index (κ2) is 4.08. The van der Waals surface area contributed by atoms with Crippen LogP contribution >= 0.6 is 0 Å². The van der Waals surface area contributed by atoms with Gasteiger partial charge in [-0.2, -0.15) is 0 Å². The number of hydrogen-bond acceptors (Lipinski definition) is 2. The molecular weight excluding hydrogens is 248 g/mol. The van der Waals surface area contributed by atoms with E-state index in [0.29, 0.717) is 11.8 Å². The standard InChI is InChI=1S/C18H24O2/c1-17(2)13-10-14-15(12-6-4-3-5-7-12)20-9-8-18(14,11-13)16(17)19/h3-7,13-16,19H,8-11H2,1-2H3/t13-,14-,15-,16-,18?/m1/s1. The number of ether oxygens (including phenoxy) is 1. The number of hydrogen-bond donors (Lipinski definition) is 1. The van der Waals surface area contributed by atoms with E-state index in [2.05, 4.69) is 44.2 Å². The maximum atomic E-state index is 10.9. The van der Waals surface area contributed by atoms with E-state index in [-0.39, 0.29) is 23.0 Å². The van der Waals surface area contributed by atoms with Crippen molar-refractivity contribution >= 4 is 0 Å². The molecule has 1 spiro atoms. The lowest BCUT2D eigenvalue weighted by atomic mass is 9.60. The normalized spacial score (nSPS) is 45.4. The summed E-state index contributed by atoms with van der Waals surface area (Å²) >= 11 is 0. The van der Waals surface area contributed by atoms with Gasteiger partial charge in [-0.1, -0.05) is 44.2 Å². The van der Waals surface area contributed by atoms with Gasteiger partial charge in [0.15, 0.2) is 0 Å². The van der Waals surface area contributed by atoms with Crippen LogP contribution < -0.4 is 0 Å². The van der Waals surface area contributed by atoms with Crippen molar-refractivity contribution in [1.29, 1.82) is 0 Å². The Kier molecular flexibility index (Phi) is 2.62. The fourth-order valence-corrected chi connectivity index (χ4v) is 5.39. The molecule has 108 valence electrons. The van der Waals surface area contributed by atoms with Gasteiger partial charge in [0, 0.05) is 12.0 Å². The molecule has 1 aromatic carbocycles. The second-order valence-electron chi connectivity index (χ2n) is 7.65. The molecule has 0 radical (unpaired) electrons. The van der Waals surface area contributed by atoms with Crippen LogP contribution in [0.5, 0.6) is 0 Å². The minimum absolute atomic E-state index is 0.0785. The third kappa shape index (κ3) is 1.47. The molecule has 1 aromatic rings. The molecule has 1 saturated heterocycles. The number of aliphatic hydroxyl groups excluding tert-OH is 1. The largest absolute Gasteiger partial charge is 0.392 e. The maximum Gasteiger partial charge on any atom is 0.0859 e. The molecule has 1 N–H and O–H groups in total. The van der Waals surface area contributed by atoms with Gasteiger partial charge >= 0.3 is 0 Å². The quantitative estimate of drug-likeness (QED) is 0.847. The van der Waals surface area contributed by atoms with Crippen molar-refractivity contribution in [2.24, 2.45) is 22.7 Å². The van der Waals surface area contributed by atoms with E-state index in [1.165, 1.54) is 18.4 Å². The van der Waals surface area contributed by atoms with E-state index in [0.717, 1.165) is 13.0 Å². The van der Waals surface area contributed by atoms with Gasteiger partial charge < -0.3 is 9.84 Å². The van der Waals surface area contributed by atoms with Crippen LogP contribution in [0.3, 0.4) is 0 Å². The van der Waals surface area contributed by atoms with E-state index >= 15 is 0 Å². The summed E-state index contributed by atoms with van der Waals surface area (Å²) in [6.45, 7) is 5.29. The first kappa shape index (κ1) is 12.8.